The van der Waals surface area contributed by atoms with Crippen LogP contribution in [0.4, 0.5) is 0 Å². The van der Waals surface area contributed by atoms with Gasteiger partial charge in [0, 0.05) is 44.5 Å². The van der Waals surface area contributed by atoms with Crippen LogP contribution in [0.1, 0.15) is 37.2 Å². The van der Waals surface area contributed by atoms with Gasteiger partial charge in [0.15, 0.2) is 5.96 Å². The van der Waals surface area contributed by atoms with Gasteiger partial charge in [-0.25, -0.2) is 0 Å². The number of aryl methyl sites for hydroxylation is 3. The van der Waals surface area contributed by atoms with Gasteiger partial charge in [0.05, 0.1) is 5.69 Å². The lowest BCUT2D eigenvalue weighted by Gasteiger charge is -2.19. The molecule has 0 radical (unpaired) electrons. The topological polar surface area (TPSA) is 66.7 Å². The quantitative estimate of drug-likeness (QED) is 0.186. The van der Waals surface area contributed by atoms with Crippen molar-refractivity contribution in [3.8, 4) is 5.75 Å². The Morgan fingerprint density at radius 1 is 1.16 bits per heavy atom. The van der Waals surface area contributed by atoms with E-state index in [0.29, 0.717) is 13.2 Å². The molecule has 8 heteroatoms. The summed E-state index contributed by atoms with van der Waals surface area (Å²) >= 11 is 0. The zero-order valence-corrected chi connectivity index (χ0v) is 22.0. The minimum absolute atomic E-state index is 0. The van der Waals surface area contributed by atoms with E-state index in [2.05, 4.69) is 63.2 Å². The SMILES string of the molecule is CCN(CC)CCOc1ccccc1CNC(=NC)NCCCn1nc(C)cc1C.I. The number of hydrogen-bond acceptors (Lipinski definition) is 4. The van der Waals surface area contributed by atoms with Crippen LogP contribution in [0.2, 0.25) is 0 Å². The maximum absolute atomic E-state index is 6.05. The van der Waals surface area contributed by atoms with Crippen LogP contribution in [0, 0.1) is 13.8 Å². The van der Waals surface area contributed by atoms with E-state index in [-0.39, 0.29) is 24.0 Å². The molecule has 1 aromatic carbocycles. The van der Waals surface area contributed by atoms with Gasteiger partial charge in [-0.2, -0.15) is 5.10 Å². The lowest BCUT2D eigenvalue weighted by molar-refractivity contribution is 0.221. The fraction of sp³-hybridized carbons (Fsp3) is 0.565. The molecule has 0 fully saturated rings. The molecule has 0 saturated heterocycles. The molecule has 2 aromatic rings. The minimum Gasteiger partial charge on any atom is -0.492 e. The molecule has 0 aliphatic rings. The highest BCUT2D eigenvalue weighted by atomic mass is 127. The molecule has 0 saturated carbocycles. The molecule has 31 heavy (non-hydrogen) atoms. The molecule has 0 aliphatic carbocycles. The molecule has 1 heterocycles. The van der Waals surface area contributed by atoms with Gasteiger partial charge in [0.25, 0.3) is 0 Å². The molecule has 2 rings (SSSR count). The lowest BCUT2D eigenvalue weighted by atomic mass is 10.2. The third-order valence-corrected chi connectivity index (χ3v) is 5.14. The second-order valence-electron chi connectivity index (χ2n) is 7.34. The molecular weight excluding hydrogens is 503 g/mol. The van der Waals surface area contributed by atoms with Gasteiger partial charge in [0.2, 0.25) is 0 Å². The summed E-state index contributed by atoms with van der Waals surface area (Å²) in [5.41, 5.74) is 3.39. The van der Waals surface area contributed by atoms with Crippen molar-refractivity contribution < 1.29 is 4.74 Å². The Morgan fingerprint density at radius 2 is 1.90 bits per heavy atom. The van der Waals surface area contributed by atoms with Crippen LogP contribution in [0.15, 0.2) is 35.3 Å². The number of rotatable bonds is 12. The number of nitrogens with zero attached hydrogens (tertiary/aromatic N) is 4. The molecule has 0 spiro atoms. The van der Waals surface area contributed by atoms with Gasteiger partial charge >= 0.3 is 0 Å². The molecule has 0 atom stereocenters. The predicted octanol–water partition coefficient (Wildman–Crippen LogP) is 3.59. The van der Waals surface area contributed by atoms with Crippen molar-refractivity contribution in [1.82, 2.24) is 25.3 Å². The first-order valence-corrected chi connectivity index (χ1v) is 11.0. The van der Waals surface area contributed by atoms with E-state index < -0.39 is 0 Å². The molecule has 0 amide bonds. The van der Waals surface area contributed by atoms with E-state index in [9.17, 15) is 0 Å². The van der Waals surface area contributed by atoms with Gasteiger partial charge in [-0.3, -0.25) is 9.67 Å². The van der Waals surface area contributed by atoms with Gasteiger partial charge in [-0.05, 0) is 45.5 Å². The van der Waals surface area contributed by atoms with Crippen LogP contribution in [0.25, 0.3) is 0 Å². The van der Waals surface area contributed by atoms with Gasteiger partial charge in [-0.15, -0.1) is 24.0 Å². The predicted molar refractivity (Wildman–Crippen MR) is 140 cm³/mol. The standard InChI is InChI=1S/C23H38N6O.HI/c1-6-28(7-2)15-16-30-22-12-9-8-11-21(22)18-26-23(24-5)25-13-10-14-29-20(4)17-19(3)27-29;/h8-9,11-12,17H,6-7,10,13-16,18H2,1-5H3,(H2,24,25,26);1H. The van der Waals surface area contributed by atoms with Crippen LogP contribution in [0.5, 0.6) is 5.75 Å². The maximum Gasteiger partial charge on any atom is 0.191 e. The van der Waals surface area contributed by atoms with Crippen molar-refractivity contribution in [1.29, 1.82) is 0 Å². The summed E-state index contributed by atoms with van der Waals surface area (Å²) in [7, 11) is 1.79. The molecule has 2 N–H and O–H groups in total. The number of benzene rings is 1. The fourth-order valence-electron chi connectivity index (χ4n) is 3.35. The third kappa shape index (κ3) is 9.47. The van der Waals surface area contributed by atoms with E-state index in [1.165, 1.54) is 5.69 Å². The van der Waals surface area contributed by atoms with Crippen LogP contribution in [0.3, 0.4) is 0 Å². The molecule has 0 bridgehead atoms. The normalized spacial score (nSPS) is 11.4. The van der Waals surface area contributed by atoms with Crippen molar-refractivity contribution >= 4 is 29.9 Å². The lowest BCUT2D eigenvalue weighted by Crippen LogP contribution is -2.37. The highest BCUT2D eigenvalue weighted by Crippen LogP contribution is 2.17. The first-order valence-electron chi connectivity index (χ1n) is 11.0. The highest BCUT2D eigenvalue weighted by molar-refractivity contribution is 14.0. The summed E-state index contributed by atoms with van der Waals surface area (Å²) in [5, 5.41) is 11.3. The Balaban J connectivity index is 0.00000480. The van der Waals surface area contributed by atoms with Crippen molar-refractivity contribution in [3.63, 3.8) is 0 Å². The Bertz CT molecular complexity index is 788. The number of hydrogen-bond donors (Lipinski definition) is 2. The summed E-state index contributed by atoms with van der Waals surface area (Å²) in [5.74, 6) is 1.72. The van der Waals surface area contributed by atoms with E-state index in [1.54, 1.807) is 7.05 Å². The van der Waals surface area contributed by atoms with Crippen LogP contribution in [-0.4, -0.2) is 60.5 Å². The Hall–Kier alpha value is -1.81. The highest BCUT2D eigenvalue weighted by Gasteiger charge is 2.06. The summed E-state index contributed by atoms with van der Waals surface area (Å²) in [6.07, 6.45) is 0.980. The Morgan fingerprint density at radius 3 is 2.55 bits per heavy atom. The zero-order valence-electron chi connectivity index (χ0n) is 19.6. The van der Waals surface area contributed by atoms with E-state index in [4.69, 9.17) is 4.74 Å². The average Bonchev–Trinajstić information content (AvgIpc) is 3.08. The monoisotopic (exact) mass is 542 g/mol. The summed E-state index contributed by atoms with van der Waals surface area (Å²) in [4.78, 5) is 6.69. The van der Waals surface area contributed by atoms with E-state index >= 15 is 0 Å². The first kappa shape index (κ1) is 27.2. The number of ether oxygens (including phenoxy) is 1. The van der Waals surface area contributed by atoms with Gasteiger partial charge < -0.3 is 20.3 Å². The first-order chi connectivity index (χ1) is 14.6. The molecule has 174 valence electrons. The van der Waals surface area contributed by atoms with Crippen molar-refractivity contribution in [2.24, 2.45) is 4.99 Å². The summed E-state index contributed by atoms with van der Waals surface area (Å²) in [6.45, 7) is 14.6. The molecule has 0 unspecified atom stereocenters. The van der Waals surface area contributed by atoms with Gasteiger partial charge in [-0.1, -0.05) is 32.0 Å². The third-order valence-electron chi connectivity index (χ3n) is 5.14. The zero-order chi connectivity index (χ0) is 21.8. The number of nitrogens with one attached hydrogen (secondary N) is 2. The van der Waals surface area contributed by atoms with E-state index in [1.807, 2.05) is 25.1 Å². The number of halogens is 1. The summed E-state index contributed by atoms with van der Waals surface area (Å²) in [6, 6.07) is 10.3. The van der Waals surface area contributed by atoms with Crippen LogP contribution < -0.4 is 15.4 Å². The average molecular weight is 543 g/mol. The summed E-state index contributed by atoms with van der Waals surface area (Å²) < 4.78 is 8.10. The van der Waals surface area contributed by atoms with Crippen molar-refractivity contribution in [2.45, 2.75) is 47.2 Å². The van der Waals surface area contributed by atoms with Crippen molar-refractivity contribution in [3.05, 3.63) is 47.3 Å². The largest absolute Gasteiger partial charge is 0.492 e. The maximum atomic E-state index is 6.05. The number of likely N-dealkylation sites (N-methyl/N-ethyl adjacent to an activating group) is 1. The number of guanidine groups is 1. The molecule has 7 nitrogen and oxygen atoms in total. The molecular formula is C23H39IN6O. The van der Waals surface area contributed by atoms with Crippen molar-refractivity contribution in [2.75, 3.05) is 39.8 Å². The second kappa shape index (κ2) is 15.1. The minimum atomic E-state index is 0. The number of aromatic nitrogens is 2. The molecule has 0 aliphatic heterocycles. The molecule has 1 aromatic heterocycles. The number of aliphatic imine (C=N–C) groups is 1. The number of para-hydroxylation sites is 1. The van der Waals surface area contributed by atoms with Crippen LogP contribution in [-0.2, 0) is 13.1 Å². The van der Waals surface area contributed by atoms with Crippen LogP contribution >= 0.6 is 24.0 Å². The fourth-order valence-corrected chi connectivity index (χ4v) is 3.35. The Kier molecular flexibility index (Phi) is 13.2. The van der Waals surface area contributed by atoms with E-state index in [0.717, 1.165) is 62.1 Å². The smallest absolute Gasteiger partial charge is 0.191 e. The second-order valence-corrected chi connectivity index (χ2v) is 7.34. The Labute approximate surface area is 204 Å². The van der Waals surface area contributed by atoms with Gasteiger partial charge in [0.1, 0.15) is 12.4 Å².